The van der Waals surface area contributed by atoms with Gasteiger partial charge in [-0.25, -0.2) is 9.13 Å². The van der Waals surface area contributed by atoms with Crippen LogP contribution in [0.5, 0.6) is 0 Å². The van der Waals surface area contributed by atoms with Crippen molar-refractivity contribution < 1.29 is 156 Å². The molecule has 84 valence electrons. The van der Waals surface area contributed by atoms with Gasteiger partial charge in [0.05, 0.1) is 0 Å². The first-order chi connectivity index (χ1) is 4.00. The maximum atomic E-state index is 8.88. The second kappa shape index (κ2) is 28.3. The molecule has 0 aromatic carbocycles. The molecule has 0 saturated carbocycles. The van der Waals surface area contributed by atoms with Gasteiger partial charge in [-0.15, -0.1) is 0 Å². The van der Waals surface area contributed by atoms with Gasteiger partial charge in [0.25, 0.3) is 0 Å². The standard InChI is InChI=1S/4Ca.2K.2H3O4P.10H/c;;;;;;2*1-5(2,3)4;;;;;;;;;;/h;;;;;;2*(H3,1,2,3,4);;;;;;;;;;/q4*+2;2*+1;;;10*-1. The van der Waals surface area contributed by atoms with Crippen molar-refractivity contribution in [3.05, 3.63) is 0 Å². The van der Waals surface area contributed by atoms with E-state index in [0.717, 1.165) is 0 Å². The Balaban J connectivity index is -0.00000000190. The summed E-state index contributed by atoms with van der Waals surface area (Å²) in [5.74, 6) is 0. The Labute approximate surface area is 312 Å². The van der Waals surface area contributed by atoms with Crippen LogP contribution in [0.4, 0.5) is 0 Å². The SMILES string of the molecule is O=P(O)(O)O.O=P(O)(O)O.[Ca+2].[Ca+2].[Ca+2].[Ca+2].[H-].[H-].[H-].[H-].[H-].[H-].[H-].[H-].[H-].[H-].[K+].[K+]. The summed E-state index contributed by atoms with van der Waals surface area (Å²) in [6.07, 6.45) is 0. The molecule has 0 rings (SSSR count). The van der Waals surface area contributed by atoms with Gasteiger partial charge >= 0.3 is 269 Å². The van der Waals surface area contributed by atoms with Crippen LogP contribution in [0.1, 0.15) is 14.3 Å². The fourth-order valence-corrected chi connectivity index (χ4v) is 0. The fourth-order valence-electron chi connectivity index (χ4n) is 0. The topological polar surface area (TPSA) is 156 Å². The van der Waals surface area contributed by atoms with Crippen LogP contribution in [-0.4, -0.2) is 180 Å². The minimum atomic E-state index is -4.64. The number of rotatable bonds is 0. The van der Waals surface area contributed by atoms with Crippen molar-refractivity contribution in [2.75, 3.05) is 0 Å². The molecule has 0 aliphatic heterocycles. The third-order valence-corrected chi connectivity index (χ3v) is 0. The Bertz CT molecular complexity index is 165. The second-order valence-corrected chi connectivity index (χ2v) is 3.08. The van der Waals surface area contributed by atoms with Gasteiger partial charge in [0.2, 0.25) is 0 Å². The first kappa shape index (κ1) is 49.7. The molecule has 0 amide bonds. The summed E-state index contributed by atoms with van der Waals surface area (Å²) in [7, 11) is -9.28. The molecule has 0 bridgehead atoms. The van der Waals surface area contributed by atoms with Crippen LogP contribution in [0.2, 0.25) is 0 Å². The van der Waals surface area contributed by atoms with Gasteiger partial charge in [-0.2, -0.15) is 0 Å². The van der Waals surface area contributed by atoms with Crippen LogP contribution in [0.15, 0.2) is 0 Å². The quantitative estimate of drug-likeness (QED) is 0.159. The molecule has 0 spiro atoms. The molecule has 0 aliphatic rings. The zero-order valence-electron chi connectivity index (χ0n) is 19.2. The fraction of sp³-hybridized carbons (Fsp3) is 0. The van der Waals surface area contributed by atoms with E-state index in [4.69, 9.17) is 38.5 Å². The third-order valence-electron chi connectivity index (χ3n) is 0. The van der Waals surface area contributed by atoms with Gasteiger partial charge in [-0.1, -0.05) is 0 Å². The van der Waals surface area contributed by atoms with Crippen molar-refractivity contribution in [3.63, 3.8) is 0 Å². The molecule has 8 nitrogen and oxygen atoms in total. The van der Waals surface area contributed by atoms with Crippen LogP contribution >= 0.6 is 15.6 Å². The second-order valence-electron chi connectivity index (χ2n) is 1.03. The Kier molecular flexibility index (Phi) is 88.0. The molecule has 0 aromatic heterocycles. The van der Waals surface area contributed by atoms with Gasteiger partial charge in [0.15, 0.2) is 0 Å². The molecule has 0 aromatic rings. The molecule has 0 atom stereocenters. The van der Waals surface area contributed by atoms with Crippen LogP contribution < -0.4 is 103 Å². The van der Waals surface area contributed by atoms with E-state index >= 15 is 0 Å². The summed E-state index contributed by atoms with van der Waals surface area (Å²) in [5.41, 5.74) is 0. The zero-order valence-corrected chi connectivity index (χ0v) is 26.1. The summed E-state index contributed by atoms with van der Waals surface area (Å²) in [6, 6.07) is 0. The summed E-state index contributed by atoms with van der Waals surface area (Å²) < 4.78 is 17.8. The Morgan fingerprint density at radius 3 is 0.562 bits per heavy atom. The maximum Gasteiger partial charge on any atom is 2.00 e. The van der Waals surface area contributed by atoms with Crippen LogP contribution in [0, 0.1) is 0 Å². The van der Waals surface area contributed by atoms with E-state index in [2.05, 4.69) is 0 Å². The summed E-state index contributed by atoms with van der Waals surface area (Å²) in [6.45, 7) is 0. The molecule has 0 unspecified atom stereocenters. The predicted molar refractivity (Wildman–Crippen MR) is 62.7 cm³/mol. The van der Waals surface area contributed by atoms with Crippen molar-refractivity contribution in [3.8, 4) is 0 Å². The van der Waals surface area contributed by atoms with E-state index in [0.29, 0.717) is 0 Å². The smallest absolute Gasteiger partial charge is 1.00 e. The predicted octanol–water partition coefficient (Wildman–Crippen LogP) is -8.25. The van der Waals surface area contributed by atoms with Crippen LogP contribution in [0.25, 0.3) is 0 Å². The van der Waals surface area contributed by atoms with Crippen molar-refractivity contribution in [1.82, 2.24) is 0 Å². The van der Waals surface area contributed by atoms with E-state index in [1.54, 1.807) is 0 Å². The first-order valence-electron chi connectivity index (χ1n) is 1.57. The van der Waals surface area contributed by atoms with Crippen LogP contribution in [0.3, 0.4) is 0 Å². The molecule has 0 radical (unpaired) electrons. The molecule has 0 aliphatic carbocycles. The van der Waals surface area contributed by atoms with Crippen molar-refractivity contribution in [2.24, 2.45) is 0 Å². The van der Waals surface area contributed by atoms with Crippen molar-refractivity contribution >= 4 is 167 Å². The molecule has 6 N–H and O–H groups in total. The van der Waals surface area contributed by atoms with Gasteiger partial charge in [0.1, 0.15) is 0 Å². The van der Waals surface area contributed by atoms with Gasteiger partial charge < -0.3 is 43.6 Å². The van der Waals surface area contributed by atoms with Crippen molar-refractivity contribution in [2.45, 2.75) is 0 Å². The van der Waals surface area contributed by atoms with Crippen LogP contribution in [-0.2, 0) is 9.13 Å². The average molecular weight is 445 g/mol. The van der Waals surface area contributed by atoms with Gasteiger partial charge in [0, 0.05) is 0 Å². The summed E-state index contributed by atoms with van der Waals surface area (Å²) >= 11 is 0. The molecule has 0 saturated heterocycles. The zero-order chi connectivity index (χ0) is 9.00. The Hall–Kier alpha value is 8.53. The monoisotopic (exact) mass is 444 g/mol. The van der Waals surface area contributed by atoms with E-state index in [1.165, 1.54) is 0 Å². The molecule has 16 heavy (non-hydrogen) atoms. The third kappa shape index (κ3) is 144. The van der Waals surface area contributed by atoms with Crippen molar-refractivity contribution in [1.29, 1.82) is 0 Å². The molecule has 0 heterocycles. The first-order valence-corrected chi connectivity index (χ1v) is 4.70. The molecular formula is H16Ca4K2O8P2. The Morgan fingerprint density at radius 1 is 0.562 bits per heavy atom. The number of phosphoric acid groups is 2. The summed E-state index contributed by atoms with van der Waals surface area (Å²) in [4.78, 5) is 43.1. The number of hydrogen-bond acceptors (Lipinski definition) is 2. The average Bonchev–Trinajstić information content (AvgIpc) is 1.12. The number of hydrogen-bond donors (Lipinski definition) is 6. The van der Waals surface area contributed by atoms with E-state index < -0.39 is 15.6 Å². The Morgan fingerprint density at radius 2 is 0.562 bits per heavy atom. The molecule has 0 fully saturated rings. The normalized spacial score (nSPS) is 7.38. The summed E-state index contributed by atoms with van der Waals surface area (Å²) in [5, 5.41) is 0. The minimum Gasteiger partial charge on any atom is -1.00 e. The maximum absolute atomic E-state index is 8.88. The van der Waals surface area contributed by atoms with E-state index in [9.17, 15) is 0 Å². The van der Waals surface area contributed by atoms with E-state index in [-0.39, 0.29) is 268 Å². The van der Waals surface area contributed by atoms with Gasteiger partial charge in [-0.05, 0) is 0 Å². The largest absolute Gasteiger partial charge is 2.00 e. The molecule has 16 heteroatoms. The van der Waals surface area contributed by atoms with Gasteiger partial charge in [-0.3, -0.25) is 0 Å². The minimum absolute atomic E-state index is 0. The van der Waals surface area contributed by atoms with E-state index in [1.807, 2.05) is 0 Å². The molecular weight excluding hydrogens is 428 g/mol.